The van der Waals surface area contributed by atoms with Crippen molar-refractivity contribution in [1.82, 2.24) is 5.43 Å². The molecule has 0 aliphatic heterocycles. The summed E-state index contributed by atoms with van der Waals surface area (Å²) >= 11 is 1.97. The van der Waals surface area contributed by atoms with Gasteiger partial charge in [-0.3, -0.25) is 11.3 Å². The molecule has 1 aliphatic carbocycles. The van der Waals surface area contributed by atoms with Gasteiger partial charge >= 0.3 is 0 Å². The Morgan fingerprint density at radius 1 is 1.44 bits per heavy atom. The second kappa shape index (κ2) is 5.30. The lowest BCUT2D eigenvalue weighted by Crippen LogP contribution is -2.31. The van der Waals surface area contributed by atoms with E-state index in [4.69, 9.17) is 5.84 Å². The average molecular weight is 238 g/mol. The zero-order chi connectivity index (χ0) is 11.5. The number of aryl methyl sites for hydroxylation is 2. The monoisotopic (exact) mass is 238 g/mol. The topological polar surface area (TPSA) is 38.0 Å². The van der Waals surface area contributed by atoms with E-state index >= 15 is 0 Å². The standard InChI is InChI=1S/C13H22N2S/c1-3-9(2)13(15-14)12-8-10-6-4-5-7-11(10)16-12/h8-9,13,15H,3-7,14H2,1-2H3. The van der Waals surface area contributed by atoms with E-state index < -0.39 is 0 Å². The fourth-order valence-electron chi connectivity index (χ4n) is 2.43. The zero-order valence-electron chi connectivity index (χ0n) is 10.3. The van der Waals surface area contributed by atoms with Crippen LogP contribution in [0.2, 0.25) is 0 Å². The Hall–Kier alpha value is -0.380. The van der Waals surface area contributed by atoms with Gasteiger partial charge in [0.1, 0.15) is 0 Å². The van der Waals surface area contributed by atoms with Crippen molar-refractivity contribution < 1.29 is 0 Å². The average Bonchev–Trinajstić information content (AvgIpc) is 2.72. The molecule has 16 heavy (non-hydrogen) atoms. The normalized spacial score (nSPS) is 19.2. The molecule has 0 radical (unpaired) electrons. The molecule has 1 heterocycles. The number of rotatable bonds is 4. The Morgan fingerprint density at radius 3 is 2.81 bits per heavy atom. The van der Waals surface area contributed by atoms with Crippen molar-refractivity contribution in [3.05, 3.63) is 21.4 Å². The number of hydrogen-bond acceptors (Lipinski definition) is 3. The third kappa shape index (κ3) is 2.31. The molecule has 1 aliphatic rings. The molecule has 0 saturated heterocycles. The van der Waals surface area contributed by atoms with Crippen LogP contribution in [0.3, 0.4) is 0 Å². The van der Waals surface area contributed by atoms with Gasteiger partial charge in [-0.15, -0.1) is 11.3 Å². The lowest BCUT2D eigenvalue weighted by molar-refractivity contribution is 0.388. The zero-order valence-corrected chi connectivity index (χ0v) is 11.1. The minimum Gasteiger partial charge on any atom is -0.271 e. The predicted molar refractivity (Wildman–Crippen MR) is 70.5 cm³/mol. The predicted octanol–water partition coefficient (Wildman–Crippen LogP) is 3.18. The number of thiophene rings is 1. The van der Waals surface area contributed by atoms with Crippen molar-refractivity contribution in [3.8, 4) is 0 Å². The Morgan fingerprint density at radius 2 is 2.19 bits per heavy atom. The molecule has 3 N–H and O–H groups in total. The molecule has 0 spiro atoms. The van der Waals surface area contributed by atoms with Crippen molar-refractivity contribution in [1.29, 1.82) is 0 Å². The number of fused-ring (bicyclic) bond motifs is 1. The van der Waals surface area contributed by atoms with Crippen LogP contribution in [-0.4, -0.2) is 0 Å². The molecule has 0 fully saturated rings. The van der Waals surface area contributed by atoms with Gasteiger partial charge in [-0.1, -0.05) is 20.3 Å². The molecule has 2 rings (SSSR count). The summed E-state index contributed by atoms with van der Waals surface area (Å²) < 4.78 is 0. The van der Waals surface area contributed by atoms with Crippen LogP contribution in [0.4, 0.5) is 0 Å². The van der Waals surface area contributed by atoms with Crippen LogP contribution >= 0.6 is 11.3 Å². The molecule has 2 atom stereocenters. The summed E-state index contributed by atoms with van der Waals surface area (Å²) in [4.78, 5) is 3.04. The summed E-state index contributed by atoms with van der Waals surface area (Å²) in [7, 11) is 0. The molecule has 0 saturated carbocycles. The van der Waals surface area contributed by atoms with Crippen LogP contribution in [0.5, 0.6) is 0 Å². The Bertz CT molecular complexity index is 322. The number of hydrazine groups is 1. The first-order chi connectivity index (χ1) is 7.76. The van der Waals surface area contributed by atoms with E-state index in [1.165, 1.54) is 30.6 Å². The highest BCUT2D eigenvalue weighted by molar-refractivity contribution is 7.12. The minimum atomic E-state index is 0.334. The van der Waals surface area contributed by atoms with E-state index in [0.717, 1.165) is 6.42 Å². The quantitative estimate of drug-likeness (QED) is 0.624. The molecular weight excluding hydrogens is 216 g/mol. The second-order valence-electron chi connectivity index (χ2n) is 4.83. The lowest BCUT2D eigenvalue weighted by atomic mass is 9.95. The first kappa shape index (κ1) is 12.1. The van der Waals surface area contributed by atoms with Gasteiger partial charge in [0.05, 0.1) is 6.04 Å². The van der Waals surface area contributed by atoms with Gasteiger partial charge < -0.3 is 0 Å². The SMILES string of the molecule is CCC(C)C(NN)c1cc2c(s1)CCCC2. The number of hydrogen-bond donors (Lipinski definition) is 2. The van der Waals surface area contributed by atoms with E-state index in [0.29, 0.717) is 12.0 Å². The van der Waals surface area contributed by atoms with Crippen molar-refractivity contribution in [3.63, 3.8) is 0 Å². The molecular formula is C13H22N2S. The fraction of sp³-hybridized carbons (Fsp3) is 0.692. The van der Waals surface area contributed by atoms with E-state index in [-0.39, 0.29) is 0 Å². The van der Waals surface area contributed by atoms with E-state index in [2.05, 4.69) is 25.3 Å². The molecule has 90 valence electrons. The van der Waals surface area contributed by atoms with E-state index in [1.54, 1.807) is 10.4 Å². The maximum atomic E-state index is 5.70. The lowest BCUT2D eigenvalue weighted by Gasteiger charge is -2.20. The molecule has 0 bridgehead atoms. The highest BCUT2D eigenvalue weighted by Gasteiger charge is 2.21. The summed E-state index contributed by atoms with van der Waals surface area (Å²) in [6, 6.07) is 2.72. The largest absolute Gasteiger partial charge is 0.271 e. The maximum Gasteiger partial charge on any atom is 0.0578 e. The summed E-state index contributed by atoms with van der Waals surface area (Å²) in [5, 5.41) is 0. The highest BCUT2D eigenvalue weighted by Crippen LogP contribution is 2.35. The van der Waals surface area contributed by atoms with Crippen molar-refractivity contribution in [2.24, 2.45) is 11.8 Å². The van der Waals surface area contributed by atoms with E-state index in [1.807, 2.05) is 11.3 Å². The van der Waals surface area contributed by atoms with Crippen LogP contribution in [0.25, 0.3) is 0 Å². The van der Waals surface area contributed by atoms with Gasteiger partial charge in [0.15, 0.2) is 0 Å². The van der Waals surface area contributed by atoms with E-state index in [9.17, 15) is 0 Å². The van der Waals surface area contributed by atoms with Gasteiger partial charge in [-0.25, -0.2) is 0 Å². The summed E-state index contributed by atoms with van der Waals surface area (Å²) in [5.74, 6) is 6.30. The highest BCUT2D eigenvalue weighted by atomic mass is 32.1. The fourth-order valence-corrected chi connectivity index (χ4v) is 3.88. The number of nitrogens with one attached hydrogen (secondary N) is 1. The third-order valence-corrected chi connectivity index (χ3v) is 5.03. The Balaban J connectivity index is 2.21. The maximum absolute atomic E-state index is 5.70. The van der Waals surface area contributed by atoms with Crippen LogP contribution in [0.15, 0.2) is 6.07 Å². The molecule has 2 nitrogen and oxygen atoms in total. The van der Waals surface area contributed by atoms with Crippen molar-refractivity contribution in [2.75, 3.05) is 0 Å². The second-order valence-corrected chi connectivity index (χ2v) is 6.00. The van der Waals surface area contributed by atoms with Gasteiger partial charge in [-0.05, 0) is 43.2 Å². The molecule has 1 aromatic heterocycles. The van der Waals surface area contributed by atoms with Gasteiger partial charge in [-0.2, -0.15) is 0 Å². The van der Waals surface area contributed by atoms with Gasteiger partial charge in [0, 0.05) is 9.75 Å². The van der Waals surface area contributed by atoms with Crippen molar-refractivity contribution >= 4 is 11.3 Å². The summed E-state index contributed by atoms with van der Waals surface area (Å²) in [6.07, 6.45) is 6.42. The summed E-state index contributed by atoms with van der Waals surface area (Å²) in [6.45, 7) is 4.49. The number of nitrogens with two attached hydrogens (primary N) is 1. The summed E-state index contributed by atoms with van der Waals surface area (Å²) in [5.41, 5.74) is 4.57. The van der Waals surface area contributed by atoms with Crippen LogP contribution in [0, 0.1) is 5.92 Å². The Kier molecular flexibility index (Phi) is 4.00. The first-order valence-corrected chi connectivity index (χ1v) is 7.15. The molecule has 3 heteroatoms. The van der Waals surface area contributed by atoms with Gasteiger partial charge in [0.25, 0.3) is 0 Å². The van der Waals surface area contributed by atoms with Crippen LogP contribution in [0.1, 0.15) is 54.5 Å². The molecule has 2 unspecified atom stereocenters. The van der Waals surface area contributed by atoms with Crippen LogP contribution < -0.4 is 11.3 Å². The molecule has 0 amide bonds. The smallest absolute Gasteiger partial charge is 0.0578 e. The molecule has 0 aromatic carbocycles. The molecule has 1 aromatic rings. The van der Waals surface area contributed by atoms with Gasteiger partial charge in [0.2, 0.25) is 0 Å². The minimum absolute atomic E-state index is 0.334. The Labute approximate surface area is 102 Å². The third-order valence-electron chi connectivity index (χ3n) is 3.71. The van der Waals surface area contributed by atoms with Crippen LogP contribution in [-0.2, 0) is 12.8 Å². The first-order valence-electron chi connectivity index (χ1n) is 6.33. The van der Waals surface area contributed by atoms with Crippen molar-refractivity contribution in [2.45, 2.75) is 52.0 Å².